The van der Waals surface area contributed by atoms with Crippen molar-refractivity contribution in [3.8, 4) is 0 Å². The largest absolute Gasteiger partial charge is 0.361 e. The minimum Gasteiger partial charge on any atom is -0.361 e. The predicted octanol–water partition coefficient (Wildman–Crippen LogP) is 1.75. The number of rotatable bonds is 4. The molecule has 6 heteroatoms. The molecule has 0 N–H and O–H groups in total. The van der Waals surface area contributed by atoms with Crippen molar-refractivity contribution in [2.24, 2.45) is 14.1 Å². The fourth-order valence-electron chi connectivity index (χ4n) is 2.49. The summed E-state index contributed by atoms with van der Waals surface area (Å²) in [7, 11) is 5.55. The highest BCUT2D eigenvalue weighted by atomic mass is 32.1. The first kappa shape index (κ1) is 14.1. The molecule has 2 rings (SSSR count). The van der Waals surface area contributed by atoms with Crippen LogP contribution in [0.1, 0.15) is 25.5 Å². The molecule has 2 heterocycles. The van der Waals surface area contributed by atoms with E-state index in [9.17, 15) is 0 Å². The predicted molar refractivity (Wildman–Crippen MR) is 77.3 cm³/mol. The first-order valence-electron chi connectivity index (χ1n) is 6.07. The molecule has 2 aromatic heterocycles. The first-order valence-corrected chi connectivity index (χ1v) is 6.52. The van der Waals surface area contributed by atoms with E-state index in [2.05, 4.69) is 9.97 Å². The molecule has 0 unspecified atom stereocenters. The third-order valence-corrected chi connectivity index (χ3v) is 3.75. The highest BCUT2D eigenvalue weighted by Crippen LogP contribution is 2.44. The summed E-state index contributed by atoms with van der Waals surface area (Å²) in [5.74, 6) is 1.56. The van der Waals surface area contributed by atoms with Gasteiger partial charge < -0.3 is 13.9 Å². The number of hydrogen-bond acceptors (Lipinski definition) is 4. The van der Waals surface area contributed by atoms with Crippen molar-refractivity contribution in [1.82, 2.24) is 19.1 Å². The van der Waals surface area contributed by atoms with Gasteiger partial charge in [-0.05, 0) is 13.8 Å². The zero-order chi connectivity index (χ0) is 14.3. The number of methoxy groups -OCH3 is 1. The van der Waals surface area contributed by atoms with Crippen LogP contribution in [0.2, 0.25) is 0 Å². The lowest BCUT2D eigenvalue weighted by molar-refractivity contribution is -0.0213. The fourth-order valence-corrected chi connectivity index (χ4v) is 2.78. The molecular formula is C13H20N4OS. The van der Waals surface area contributed by atoms with E-state index in [4.69, 9.17) is 17.4 Å². The summed E-state index contributed by atoms with van der Waals surface area (Å²) < 4.78 is 9.29. The third kappa shape index (κ3) is 1.99. The Morgan fingerprint density at radius 3 is 1.68 bits per heavy atom. The normalized spacial score (nSPS) is 12.9. The number of hydrogen-bond donors (Lipinski definition) is 1. The summed E-state index contributed by atoms with van der Waals surface area (Å²) >= 11 is 4.75. The Labute approximate surface area is 119 Å². The van der Waals surface area contributed by atoms with Gasteiger partial charge in [-0.3, -0.25) is 0 Å². The van der Waals surface area contributed by atoms with Crippen molar-refractivity contribution in [1.29, 1.82) is 0 Å². The molecule has 0 spiro atoms. The minimum atomic E-state index is -0.827. The Balaban J connectivity index is 2.77. The summed E-state index contributed by atoms with van der Waals surface area (Å²) in [5, 5.41) is 0. The second kappa shape index (κ2) is 4.68. The molecule has 0 saturated carbocycles. The molecule has 0 aromatic carbocycles. The van der Waals surface area contributed by atoms with E-state index in [0.717, 1.165) is 11.6 Å². The van der Waals surface area contributed by atoms with Crippen LogP contribution in [0.3, 0.4) is 0 Å². The van der Waals surface area contributed by atoms with Crippen LogP contribution in [-0.2, 0) is 24.4 Å². The summed E-state index contributed by atoms with van der Waals surface area (Å²) in [4.78, 5) is 8.92. The van der Waals surface area contributed by atoms with Gasteiger partial charge in [0.1, 0.15) is 11.6 Å². The van der Waals surface area contributed by atoms with E-state index in [-0.39, 0.29) is 0 Å². The van der Waals surface area contributed by atoms with Crippen LogP contribution in [0.4, 0.5) is 0 Å². The van der Waals surface area contributed by atoms with Crippen LogP contribution in [0.25, 0.3) is 0 Å². The highest BCUT2D eigenvalue weighted by molar-refractivity contribution is 7.81. The molecule has 104 valence electrons. The molecular weight excluding hydrogens is 260 g/mol. The summed E-state index contributed by atoms with van der Waals surface area (Å²) in [5.41, 5.74) is -0.827. The number of aryl methyl sites for hydroxylation is 2. The van der Waals surface area contributed by atoms with Crippen molar-refractivity contribution in [3.05, 3.63) is 36.4 Å². The molecule has 0 atom stereocenters. The number of imidazole rings is 2. The zero-order valence-electron chi connectivity index (χ0n) is 12.0. The van der Waals surface area contributed by atoms with Gasteiger partial charge in [0, 0.05) is 46.0 Å². The second-order valence-corrected chi connectivity index (χ2v) is 6.29. The van der Waals surface area contributed by atoms with Crippen LogP contribution in [0.15, 0.2) is 24.8 Å². The van der Waals surface area contributed by atoms with Crippen molar-refractivity contribution >= 4 is 12.6 Å². The quantitative estimate of drug-likeness (QED) is 0.868. The Morgan fingerprint density at radius 1 is 1.05 bits per heavy atom. The summed E-state index contributed by atoms with van der Waals surface area (Å²) in [6.45, 7) is 4.01. The van der Waals surface area contributed by atoms with E-state index < -0.39 is 10.3 Å². The Kier molecular flexibility index (Phi) is 3.49. The average molecular weight is 280 g/mol. The zero-order valence-corrected chi connectivity index (χ0v) is 12.8. The molecule has 0 amide bonds. The fraction of sp³-hybridized carbons (Fsp3) is 0.538. The summed E-state index contributed by atoms with van der Waals surface area (Å²) in [6.07, 6.45) is 7.30. The summed E-state index contributed by atoms with van der Waals surface area (Å²) in [6, 6.07) is 0. The highest BCUT2D eigenvalue weighted by Gasteiger charge is 2.52. The van der Waals surface area contributed by atoms with Crippen molar-refractivity contribution < 1.29 is 4.74 Å². The number of nitrogens with zero attached hydrogens (tertiary/aromatic N) is 4. The second-order valence-electron chi connectivity index (χ2n) is 5.17. The van der Waals surface area contributed by atoms with E-state index in [1.165, 1.54) is 0 Å². The molecule has 0 aliphatic carbocycles. The molecule has 0 aliphatic rings. The lowest BCUT2D eigenvalue weighted by Crippen LogP contribution is -2.49. The van der Waals surface area contributed by atoms with Gasteiger partial charge in [0.15, 0.2) is 5.60 Å². The maximum Gasteiger partial charge on any atom is 0.196 e. The van der Waals surface area contributed by atoms with Gasteiger partial charge in [-0.2, -0.15) is 12.6 Å². The smallest absolute Gasteiger partial charge is 0.196 e. The van der Waals surface area contributed by atoms with E-state index in [0.29, 0.717) is 0 Å². The SMILES string of the molecule is COC(c1nccn1C)(c1nccn1C)C(C)(C)S. The van der Waals surface area contributed by atoms with Crippen molar-refractivity contribution in [2.45, 2.75) is 24.2 Å². The molecule has 0 aliphatic heterocycles. The van der Waals surface area contributed by atoms with Gasteiger partial charge in [0.25, 0.3) is 0 Å². The van der Waals surface area contributed by atoms with Crippen molar-refractivity contribution in [3.63, 3.8) is 0 Å². The molecule has 0 radical (unpaired) electrons. The van der Waals surface area contributed by atoms with Crippen LogP contribution in [-0.4, -0.2) is 31.0 Å². The molecule has 2 aromatic rings. The maximum atomic E-state index is 5.91. The topological polar surface area (TPSA) is 44.9 Å². The first-order chi connectivity index (χ1) is 8.84. The van der Waals surface area contributed by atoms with Gasteiger partial charge in [0.2, 0.25) is 0 Å². The average Bonchev–Trinajstić information content (AvgIpc) is 2.90. The van der Waals surface area contributed by atoms with Crippen LogP contribution in [0, 0.1) is 0 Å². The number of ether oxygens (including phenoxy) is 1. The number of aromatic nitrogens is 4. The van der Waals surface area contributed by atoms with Gasteiger partial charge >= 0.3 is 0 Å². The van der Waals surface area contributed by atoms with Gasteiger partial charge in [-0.15, -0.1) is 0 Å². The van der Waals surface area contributed by atoms with E-state index in [1.807, 2.05) is 49.5 Å². The Hall–Kier alpha value is -1.27. The van der Waals surface area contributed by atoms with E-state index in [1.54, 1.807) is 19.5 Å². The van der Waals surface area contributed by atoms with Gasteiger partial charge in [-0.1, -0.05) is 0 Å². The molecule has 0 bridgehead atoms. The Bertz CT molecular complexity index is 527. The molecule has 19 heavy (non-hydrogen) atoms. The third-order valence-electron chi connectivity index (χ3n) is 3.44. The number of thiol groups is 1. The lowest BCUT2D eigenvalue weighted by Gasteiger charge is -2.41. The van der Waals surface area contributed by atoms with Crippen LogP contribution < -0.4 is 0 Å². The monoisotopic (exact) mass is 280 g/mol. The van der Waals surface area contributed by atoms with Gasteiger partial charge in [0.05, 0.1) is 4.75 Å². The molecule has 0 saturated heterocycles. The maximum absolute atomic E-state index is 5.91. The molecule has 0 fully saturated rings. The van der Waals surface area contributed by atoms with Crippen LogP contribution in [0.5, 0.6) is 0 Å². The Morgan fingerprint density at radius 2 is 1.47 bits per heavy atom. The molecule has 5 nitrogen and oxygen atoms in total. The van der Waals surface area contributed by atoms with Gasteiger partial charge in [-0.25, -0.2) is 9.97 Å². The lowest BCUT2D eigenvalue weighted by atomic mass is 9.86. The van der Waals surface area contributed by atoms with E-state index >= 15 is 0 Å². The van der Waals surface area contributed by atoms with Crippen molar-refractivity contribution in [2.75, 3.05) is 7.11 Å². The van der Waals surface area contributed by atoms with Crippen LogP contribution >= 0.6 is 12.6 Å². The minimum absolute atomic E-state index is 0.500. The standard InChI is InChI=1S/C13H20N4OS/c1-12(2,19)13(18-5,10-14-6-8-16(10)3)11-15-7-9-17(11)4/h6-9,19H,1-5H3.